The van der Waals surface area contributed by atoms with Gasteiger partial charge in [0.1, 0.15) is 6.61 Å². The molecule has 2 fully saturated rings. The average Bonchev–Trinajstić information content (AvgIpc) is 3.14. The van der Waals surface area contributed by atoms with Crippen LogP contribution in [0.15, 0.2) is 30.3 Å². The molecule has 0 aromatic heterocycles. The van der Waals surface area contributed by atoms with Crippen molar-refractivity contribution in [2.45, 2.75) is 45.1 Å². The quantitative estimate of drug-likeness (QED) is 0.793. The first-order valence-corrected chi connectivity index (χ1v) is 9.49. The number of likely N-dealkylation sites (tertiary alicyclic amines) is 2. The van der Waals surface area contributed by atoms with E-state index in [1.54, 1.807) is 0 Å². The molecule has 1 aromatic carbocycles. The van der Waals surface area contributed by atoms with Gasteiger partial charge in [0.2, 0.25) is 0 Å². The minimum atomic E-state index is -0.150. The highest BCUT2D eigenvalue weighted by Crippen LogP contribution is 2.22. The van der Waals surface area contributed by atoms with E-state index in [-0.39, 0.29) is 6.09 Å². The Labute approximate surface area is 145 Å². The van der Waals surface area contributed by atoms with Gasteiger partial charge in [-0.2, -0.15) is 0 Å². The summed E-state index contributed by atoms with van der Waals surface area (Å²) in [5, 5.41) is 0. The zero-order valence-electron chi connectivity index (χ0n) is 14.7. The van der Waals surface area contributed by atoms with Gasteiger partial charge in [-0.3, -0.25) is 0 Å². The normalized spacial score (nSPS) is 21.8. The number of hydrogen-bond acceptors (Lipinski definition) is 3. The Bertz CT molecular complexity index is 500. The number of carbonyl (C=O) groups excluding carboxylic acids is 1. The maximum absolute atomic E-state index is 12.3. The summed E-state index contributed by atoms with van der Waals surface area (Å²) in [5.41, 5.74) is 1.05. The second-order valence-corrected chi connectivity index (χ2v) is 7.19. The molecule has 2 heterocycles. The zero-order chi connectivity index (χ0) is 16.6. The van der Waals surface area contributed by atoms with E-state index in [2.05, 4.69) is 4.90 Å². The topological polar surface area (TPSA) is 32.8 Å². The number of piperidine rings is 1. The van der Waals surface area contributed by atoms with Gasteiger partial charge in [-0.05, 0) is 69.6 Å². The van der Waals surface area contributed by atoms with E-state index >= 15 is 0 Å². The van der Waals surface area contributed by atoms with Crippen LogP contribution in [0, 0.1) is 5.92 Å². The highest BCUT2D eigenvalue weighted by Gasteiger charge is 2.24. The Morgan fingerprint density at radius 1 is 1.08 bits per heavy atom. The van der Waals surface area contributed by atoms with Gasteiger partial charge in [-0.15, -0.1) is 0 Å². The minimum Gasteiger partial charge on any atom is -0.445 e. The molecule has 132 valence electrons. The molecule has 0 aliphatic carbocycles. The number of amides is 1. The van der Waals surface area contributed by atoms with E-state index in [0.29, 0.717) is 12.5 Å². The Hall–Kier alpha value is -1.55. The number of nitrogens with zero attached hydrogens (tertiary/aromatic N) is 2. The lowest BCUT2D eigenvalue weighted by atomic mass is 9.93. The summed E-state index contributed by atoms with van der Waals surface area (Å²) in [7, 11) is 0. The Balaban J connectivity index is 1.37. The van der Waals surface area contributed by atoms with Crippen molar-refractivity contribution in [3.8, 4) is 0 Å². The first-order valence-electron chi connectivity index (χ1n) is 9.49. The van der Waals surface area contributed by atoms with E-state index in [9.17, 15) is 4.79 Å². The molecule has 1 unspecified atom stereocenters. The lowest BCUT2D eigenvalue weighted by Crippen LogP contribution is -2.40. The zero-order valence-corrected chi connectivity index (χ0v) is 14.7. The van der Waals surface area contributed by atoms with Crippen molar-refractivity contribution in [1.82, 2.24) is 9.80 Å². The van der Waals surface area contributed by atoms with Crippen molar-refractivity contribution in [2.24, 2.45) is 5.92 Å². The SMILES string of the molecule is O=C(OCc1ccccc1)N1CCCC(CCCN2CCCC2)C1. The van der Waals surface area contributed by atoms with E-state index in [0.717, 1.165) is 25.1 Å². The summed E-state index contributed by atoms with van der Waals surface area (Å²) < 4.78 is 5.48. The first kappa shape index (κ1) is 17.3. The van der Waals surface area contributed by atoms with Crippen LogP contribution < -0.4 is 0 Å². The van der Waals surface area contributed by atoms with Gasteiger partial charge >= 0.3 is 6.09 Å². The Morgan fingerprint density at radius 2 is 1.88 bits per heavy atom. The molecule has 0 N–H and O–H groups in total. The van der Waals surface area contributed by atoms with Crippen molar-refractivity contribution < 1.29 is 9.53 Å². The van der Waals surface area contributed by atoms with E-state index in [1.807, 2.05) is 35.2 Å². The molecular weight excluding hydrogens is 300 g/mol. The third kappa shape index (κ3) is 5.23. The standard InChI is InChI=1S/C20H30N2O2/c23-20(24-17-19-8-2-1-3-9-19)22-15-7-11-18(16-22)10-6-14-21-12-4-5-13-21/h1-3,8-9,18H,4-7,10-17H2. The summed E-state index contributed by atoms with van der Waals surface area (Å²) in [6.07, 6.45) is 7.44. The van der Waals surface area contributed by atoms with Crippen LogP contribution in [0.3, 0.4) is 0 Å². The van der Waals surface area contributed by atoms with Crippen molar-refractivity contribution >= 4 is 6.09 Å². The van der Waals surface area contributed by atoms with E-state index in [4.69, 9.17) is 4.74 Å². The molecule has 4 heteroatoms. The molecular formula is C20H30N2O2. The van der Waals surface area contributed by atoms with Crippen LogP contribution in [-0.4, -0.2) is 48.6 Å². The van der Waals surface area contributed by atoms with Crippen LogP contribution in [0.2, 0.25) is 0 Å². The number of benzene rings is 1. The van der Waals surface area contributed by atoms with Crippen LogP contribution in [-0.2, 0) is 11.3 Å². The van der Waals surface area contributed by atoms with Crippen molar-refractivity contribution in [2.75, 3.05) is 32.7 Å². The molecule has 1 aromatic rings. The van der Waals surface area contributed by atoms with Crippen molar-refractivity contribution in [3.63, 3.8) is 0 Å². The molecule has 2 aliphatic rings. The summed E-state index contributed by atoms with van der Waals surface area (Å²) in [4.78, 5) is 16.8. The monoisotopic (exact) mass is 330 g/mol. The van der Waals surface area contributed by atoms with Crippen LogP contribution in [0.25, 0.3) is 0 Å². The van der Waals surface area contributed by atoms with E-state index in [1.165, 1.54) is 51.7 Å². The van der Waals surface area contributed by atoms with Gasteiger partial charge in [-0.1, -0.05) is 30.3 Å². The average molecular weight is 330 g/mol. The summed E-state index contributed by atoms with van der Waals surface area (Å²) in [5.74, 6) is 0.644. The molecule has 1 amide bonds. The molecule has 0 saturated carbocycles. The van der Waals surface area contributed by atoms with Crippen LogP contribution in [0.1, 0.15) is 44.1 Å². The molecule has 0 radical (unpaired) electrons. The van der Waals surface area contributed by atoms with Gasteiger partial charge in [0.05, 0.1) is 0 Å². The van der Waals surface area contributed by atoms with Gasteiger partial charge in [0.25, 0.3) is 0 Å². The molecule has 24 heavy (non-hydrogen) atoms. The second kappa shape index (κ2) is 9.07. The lowest BCUT2D eigenvalue weighted by Gasteiger charge is -2.32. The molecule has 3 rings (SSSR count). The van der Waals surface area contributed by atoms with Crippen LogP contribution in [0.4, 0.5) is 4.79 Å². The highest BCUT2D eigenvalue weighted by atomic mass is 16.6. The molecule has 2 saturated heterocycles. The summed E-state index contributed by atoms with van der Waals surface area (Å²) in [6, 6.07) is 9.90. The first-order chi connectivity index (χ1) is 11.8. The third-order valence-corrected chi connectivity index (χ3v) is 5.27. The van der Waals surface area contributed by atoms with Crippen molar-refractivity contribution in [3.05, 3.63) is 35.9 Å². The molecule has 0 spiro atoms. The maximum Gasteiger partial charge on any atom is 0.410 e. The molecule has 2 aliphatic heterocycles. The molecule has 0 bridgehead atoms. The third-order valence-electron chi connectivity index (χ3n) is 5.27. The lowest BCUT2D eigenvalue weighted by molar-refractivity contribution is 0.0773. The Morgan fingerprint density at radius 3 is 2.67 bits per heavy atom. The van der Waals surface area contributed by atoms with Crippen molar-refractivity contribution in [1.29, 1.82) is 0 Å². The molecule has 4 nitrogen and oxygen atoms in total. The fourth-order valence-electron chi connectivity index (χ4n) is 3.89. The van der Waals surface area contributed by atoms with Gasteiger partial charge < -0.3 is 14.5 Å². The fourth-order valence-corrected chi connectivity index (χ4v) is 3.89. The van der Waals surface area contributed by atoms with Gasteiger partial charge in [0, 0.05) is 13.1 Å². The fraction of sp³-hybridized carbons (Fsp3) is 0.650. The smallest absolute Gasteiger partial charge is 0.410 e. The number of hydrogen-bond donors (Lipinski definition) is 0. The maximum atomic E-state index is 12.3. The van der Waals surface area contributed by atoms with Gasteiger partial charge in [0.15, 0.2) is 0 Å². The second-order valence-electron chi connectivity index (χ2n) is 7.19. The van der Waals surface area contributed by atoms with E-state index < -0.39 is 0 Å². The summed E-state index contributed by atoms with van der Waals surface area (Å²) in [6.45, 7) is 5.87. The highest BCUT2D eigenvalue weighted by molar-refractivity contribution is 5.67. The minimum absolute atomic E-state index is 0.150. The largest absolute Gasteiger partial charge is 0.445 e. The number of carbonyl (C=O) groups is 1. The number of rotatable bonds is 6. The van der Waals surface area contributed by atoms with Crippen LogP contribution >= 0.6 is 0 Å². The predicted octanol–water partition coefficient (Wildman–Crippen LogP) is 3.91. The number of ether oxygens (including phenoxy) is 1. The molecule has 1 atom stereocenters. The predicted molar refractivity (Wildman–Crippen MR) is 95.8 cm³/mol. The van der Waals surface area contributed by atoms with Gasteiger partial charge in [-0.25, -0.2) is 4.79 Å². The Kier molecular flexibility index (Phi) is 6.53. The summed E-state index contributed by atoms with van der Waals surface area (Å²) >= 11 is 0. The van der Waals surface area contributed by atoms with Crippen LogP contribution in [0.5, 0.6) is 0 Å².